The molecule has 2 rings (SSSR count). The van der Waals surface area contributed by atoms with E-state index in [2.05, 4.69) is 0 Å². The molecule has 0 saturated heterocycles. The fourth-order valence-electron chi connectivity index (χ4n) is 2.16. The zero-order valence-corrected chi connectivity index (χ0v) is 13.2. The topological polar surface area (TPSA) is 46.6 Å². The average molecular weight is 305 g/mol. The van der Waals surface area contributed by atoms with Crippen molar-refractivity contribution in [3.63, 3.8) is 0 Å². The summed E-state index contributed by atoms with van der Waals surface area (Å²) in [5.74, 6) is -0.252. The normalized spacial score (nSPS) is 18.7. The lowest BCUT2D eigenvalue weighted by atomic mass is 10.1. The van der Waals surface area contributed by atoms with Crippen LogP contribution in [0.3, 0.4) is 0 Å². The number of hydrogen-bond acceptors (Lipinski definition) is 4. The lowest BCUT2D eigenvalue weighted by Crippen LogP contribution is -2.43. The Labute approximate surface area is 129 Å². The van der Waals surface area contributed by atoms with Gasteiger partial charge < -0.3 is 4.74 Å². The summed E-state index contributed by atoms with van der Waals surface area (Å²) in [5, 5.41) is 1.80. The zero-order chi connectivity index (χ0) is 15.4. The highest BCUT2D eigenvalue weighted by molar-refractivity contribution is 8.03. The summed E-state index contributed by atoms with van der Waals surface area (Å²) >= 11 is 1.52. The van der Waals surface area contributed by atoms with Gasteiger partial charge in [-0.25, -0.2) is 0 Å². The Balaban J connectivity index is 2.36. The number of nitrogens with zero attached hydrogens (tertiary/aromatic N) is 1. The van der Waals surface area contributed by atoms with Gasteiger partial charge in [0.25, 0.3) is 0 Å². The second kappa shape index (κ2) is 6.80. The van der Waals surface area contributed by atoms with Crippen LogP contribution >= 0.6 is 11.8 Å². The van der Waals surface area contributed by atoms with Crippen LogP contribution in [0, 0.1) is 5.92 Å². The molecule has 1 aliphatic rings. The van der Waals surface area contributed by atoms with Gasteiger partial charge in [-0.3, -0.25) is 14.5 Å². The Hall–Kier alpha value is -1.75. The summed E-state index contributed by atoms with van der Waals surface area (Å²) in [5.41, 5.74) is 1.68. The lowest BCUT2D eigenvalue weighted by Gasteiger charge is -2.33. The molecule has 112 valence electrons. The predicted octanol–water partition coefficient (Wildman–Crippen LogP) is 2.76. The molecule has 0 aromatic heterocycles. The molecule has 0 aliphatic carbocycles. The van der Waals surface area contributed by atoms with Gasteiger partial charge in [0, 0.05) is 0 Å². The molecular weight excluding hydrogens is 286 g/mol. The molecular formula is C16H19NO3S. The lowest BCUT2D eigenvalue weighted by molar-refractivity contribution is -0.145. The van der Waals surface area contributed by atoms with E-state index in [1.54, 1.807) is 0 Å². The van der Waals surface area contributed by atoms with Gasteiger partial charge in [-0.1, -0.05) is 44.2 Å². The molecule has 1 heterocycles. The quantitative estimate of drug-likeness (QED) is 0.803. The minimum absolute atomic E-state index is 0.0400. The number of carbonyl (C=O) groups excluding carboxylic acids is 2. The third kappa shape index (κ3) is 3.47. The van der Waals surface area contributed by atoms with Crippen LogP contribution in [-0.4, -0.2) is 35.7 Å². The number of esters is 1. The van der Waals surface area contributed by atoms with Crippen LogP contribution in [0.2, 0.25) is 0 Å². The van der Waals surface area contributed by atoms with Crippen molar-refractivity contribution in [3.05, 3.63) is 41.3 Å². The maximum atomic E-state index is 12.7. The second-order valence-corrected chi connectivity index (χ2v) is 6.19. The highest BCUT2D eigenvalue weighted by atomic mass is 32.2. The standard InChI is InChI=1S/C16H19NO3S/c1-11(2)15-16(19)17(9-14(18)20-3)13(10-21-15)12-7-5-4-6-8-12/h4-8,10-11,15H,9H2,1-3H3/t15-/m0/s1. The van der Waals surface area contributed by atoms with Crippen LogP contribution in [0.5, 0.6) is 0 Å². The van der Waals surface area contributed by atoms with Gasteiger partial charge in [0.1, 0.15) is 6.54 Å². The summed E-state index contributed by atoms with van der Waals surface area (Å²) in [6, 6.07) is 9.61. The van der Waals surface area contributed by atoms with Crippen LogP contribution in [0.15, 0.2) is 35.7 Å². The molecule has 0 unspecified atom stereocenters. The first-order valence-electron chi connectivity index (χ1n) is 6.84. The molecule has 1 aliphatic heterocycles. The fraction of sp³-hybridized carbons (Fsp3) is 0.375. The number of benzene rings is 1. The van der Waals surface area contributed by atoms with E-state index in [-0.39, 0.29) is 23.6 Å². The molecule has 0 saturated carbocycles. The van der Waals surface area contributed by atoms with E-state index in [1.807, 2.05) is 49.6 Å². The first-order valence-corrected chi connectivity index (χ1v) is 7.78. The van der Waals surface area contributed by atoms with Crippen LogP contribution in [0.4, 0.5) is 0 Å². The van der Waals surface area contributed by atoms with E-state index in [9.17, 15) is 9.59 Å². The van der Waals surface area contributed by atoms with E-state index >= 15 is 0 Å². The molecule has 0 radical (unpaired) electrons. The molecule has 1 amide bonds. The van der Waals surface area contributed by atoms with Gasteiger partial charge in [0.15, 0.2) is 0 Å². The van der Waals surface area contributed by atoms with E-state index in [4.69, 9.17) is 4.74 Å². The third-order valence-corrected chi connectivity index (χ3v) is 4.71. The number of carbonyl (C=O) groups is 2. The summed E-state index contributed by atoms with van der Waals surface area (Å²) in [6.45, 7) is 3.96. The number of amides is 1. The number of thioether (sulfide) groups is 1. The van der Waals surface area contributed by atoms with Crippen molar-refractivity contribution in [1.29, 1.82) is 0 Å². The summed E-state index contributed by atoms with van der Waals surface area (Å²) in [7, 11) is 1.33. The van der Waals surface area contributed by atoms with Crippen LogP contribution < -0.4 is 0 Å². The van der Waals surface area contributed by atoms with E-state index in [0.29, 0.717) is 0 Å². The van der Waals surface area contributed by atoms with E-state index < -0.39 is 5.97 Å². The highest BCUT2D eigenvalue weighted by Gasteiger charge is 2.34. The van der Waals surface area contributed by atoms with Gasteiger partial charge >= 0.3 is 5.97 Å². The van der Waals surface area contributed by atoms with E-state index in [0.717, 1.165) is 11.3 Å². The van der Waals surface area contributed by atoms with Crippen molar-refractivity contribution in [2.24, 2.45) is 5.92 Å². The largest absolute Gasteiger partial charge is 0.468 e. The number of ether oxygens (including phenoxy) is 1. The van der Waals surface area contributed by atoms with Gasteiger partial charge in [-0.15, -0.1) is 11.8 Å². The smallest absolute Gasteiger partial charge is 0.325 e. The molecule has 1 atom stereocenters. The van der Waals surface area contributed by atoms with Crippen molar-refractivity contribution in [2.75, 3.05) is 13.7 Å². The van der Waals surface area contributed by atoms with Crippen molar-refractivity contribution in [1.82, 2.24) is 4.90 Å². The molecule has 1 aromatic rings. The minimum Gasteiger partial charge on any atom is -0.468 e. The number of rotatable bonds is 4. The van der Waals surface area contributed by atoms with Crippen LogP contribution in [0.25, 0.3) is 5.70 Å². The Morgan fingerprint density at radius 3 is 2.57 bits per heavy atom. The number of hydrogen-bond donors (Lipinski definition) is 0. The van der Waals surface area contributed by atoms with Gasteiger partial charge in [0.2, 0.25) is 5.91 Å². The molecule has 1 aromatic carbocycles. The molecule has 0 N–H and O–H groups in total. The molecule has 0 bridgehead atoms. The molecule has 4 nitrogen and oxygen atoms in total. The molecule has 5 heteroatoms. The monoisotopic (exact) mass is 305 g/mol. The van der Waals surface area contributed by atoms with Crippen LogP contribution in [0.1, 0.15) is 19.4 Å². The van der Waals surface area contributed by atoms with Crippen molar-refractivity contribution in [2.45, 2.75) is 19.1 Å². The van der Waals surface area contributed by atoms with Gasteiger partial charge in [-0.05, 0) is 16.9 Å². The first kappa shape index (κ1) is 15.6. The summed E-state index contributed by atoms with van der Waals surface area (Å²) < 4.78 is 4.71. The summed E-state index contributed by atoms with van der Waals surface area (Å²) in [4.78, 5) is 25.8. The summed E-state index contributed by atoms with van der Waals surface area (Å²) in [6.07, 6.45) is 0. The Morgan fingerprint density at radius 1 is 1.33 bits per heavy atom. The van der Waals surface area contributed by atoms with Gasteiger partial charge in [-0.2, -0.15) is 0 Å². The number of methoxy groups -OCH3 is 1. The highest BCUT2D eigenvalue weighted by Crippen LogP contribution is 2.35. The second-order valence-electron chi connectivity index (χ2n) is 5.17. The molecule has 21 heavy (non-hydrogen) atoms. The Morgan fingerprint density at radius 2 is 2.00 bits per heavy atom. The third-order valence-electron chi connectivity index (χ3n) is 3.32. The molecule has 0 fully saturated rings. The minimum atomic E-state index is -0.417. The molecule has 0 spiro atoms. The average Bonchev–Trinajstić information content (AvgIpc) is 2.49. The van der Waals surface area contributed by atoms with Crippen molar-refractivity contribution >= 4 is 29.3 Å². The zero-order valence-electron chi connectivity index (χ0n) is 12.4. The first-order chi connectivity index (χ1) is 10.0. The van der Waals surface area contributed by atoms with Crippen molar-refractivity contribution < 1.29 is 14.3 Å². The maximum Gasteiger partial charge on any atom is 0.325 e. The SMILES string of the molecule is COC(=O)CN1C(=O)[C@H](C(C)C)SC=C1c1ccccc1. The fourth-order valence-corrected chi connectivity index (χ4v) is 3.26. The maximum absolute atomic E-state index is 12.7. The van der Waals surface area contributed by atoms with Crippen LogP contribution in [-0.2, 0) is 14.3 Å². The van der Waals surface area contributed by atoms with E-state index in [1.165, 1.54) is 23.8 Å². The Bertz CT molecular complexity index is 554. The van der Waals surface area contributed by atoms with Gasteiger partial charge in [0.05, 0.1) is 18.1 Å². The predicted molar refractivity (Wildman–Crippen MR) is 84.4 cm³/mol. The Kier molecular flexibility index (Phi) is 5.07. The van der Waals surface area contributed by atoms with Crippen molar-refractivity contribution in [3.8, 4) is 0 Å².